The van der Waals surface area contributed by atoms with E-state index in [1.54, 1.807) is 30.6 Å². The van der Waals surface area contributed by atoms with Gasteiger partial charge in [0.25, 0.3) is 5.91 Å². The van der Waals surface area contributed by atoms with Crippen molar-refractivity contribution < 1.29 is 4.79 Å². The smallest absolute Gasteiger partial charge is 0.259 e. The lowest BCUT2D eigenvalue weighted by Gasteiger charge is -2.07. The van der Waals surface area contributed by atoms with Crippen LogP contribution in [0.3, 0.4) is 0 Å². The van der Waals surface area contributed by atoms with Crippen LogP contribution >= 0.6 is 31.9 Å². The molecule has 0 fully saturated rings. The number of rotatable bonds is 2. The Hall–Kier alpha value is -1.93. The monoisotopic (exact) mass is 407 g/mol. The number of halogens is 2. The maximum atomic E-state index is 12.4. The number of nitrogens with one attached hydrogen (secondary N) is 1. The Morgan fingerprint density at radius 2 is 1.90 bits per heavy atom. The van der Waals surface area contributed by atoms with Gasteiger partial charge in [0.15, 0.2) is 5.82 Å². The summed E-state index contributed by atoms with van der Waals surface area (Å²) in [6, 6.07) is 5.25. The van der Waals surface area contributed by atoms with E-state index in [0.717, 1.165) is 0 Å². The van der Waals surface area contributed by atoms with Crippen LogP contribution in [0.5, 0.6) is 0 Å². The standard InChI is InChI=1S/C13H7Br2N5O/c14-9-6-18-12(11(15)19-9)20-13(21)7-2-1-3-8-10(7)17-5-4-16-8/h1-6H,(H,18,20,21). The van der Waals surface area contributed by atoms with Gasteiger partial charge in [0, 0.05) is 12.4 Å². The summed E-state index contributed by atoms with van der Waals surface area (Å²) >= 11 is 6.46. The largest absolute Gasteiger partial charge is 0.304 e. The number of benzene rings is 1. The number of hydrogen-bond acceptors (Lipinski definition) is 5. The second-order valence-corrected chi connectivity index (χ2v) is 5.58. The predicted octanol–water partition coefficient (Wildman–Crippen LogP) is 3.20. The third-order valence-electron chi connectivity index (χ3n) is 2.68. The molecule has 6 nitrogen and oxygen atoms in total. The molecule has 0 spiro atoms. The zero-order valence-corrected chi connectivity index (χ0v) is 13.6. The topological polar surface area (TPSA) is 80.7 Å². The fourth-order valence-corrected chi connectivity index (χ4v) is 2.69. The molecule has 1 amide bonds. The molecule has 2 heterocycles. The number of amides is 1. The van der Waals surface area contributed by atoms with Crippen molar-refractivity contribution in [3.05, 3.63) is 51.6 Å². The minimum atomic E-state index is -0.321. The van der Waals surface area contributed by atoms with E-state index in [1.807, 2.05) is 0 Å². The molecule has 1 N–H and O–H groups in total. The molecule has 0 saturated carbocycles. The number of fused-ring (bicyclic) bond motifs is 1. The van der Waals surface area contributed by atoms with Crippen LogP contribution in [0.15, 0.2) is 46.0 Å². The zero-order valence-electron chi connectivity index (χ0n) is 10.4. The highest BCUT2D eigenvalue weighted by atomic mass is 79.9. The summed E-state index contributed by atoms with van der Waals surface area (Å²) in [6.07, 6.45) is 4.64. The van der Waals surface area contributed by atoms with Crippen LogP contribution < -0.4 is 5.32 Å². The van der Waals surface area contributed by atoms with Gasteiger partial charge < -0.3 is 5.32 Å². The van der Waals surface area contributed by atoms with Crippen molar-refractivity contribution in [1.82, 2.24) is 19.9 Å². The maximum Gasteiger partial charge on any atom is 0.259 e. The molecule has 0 aliphatic carbocycles. The Bertz CT molecular complexity index is 834. The van der Waals surface area contributed by atoms with Gasteiger partial charge in [0.2, 0.25) is 0 Å². The normalized spacial score (nSPS) is 10.6. The Morgan fingerprint density at radius 3 is 2.71 bits per heavy atom. The number of carbonyl (C=O) groups excluding carboxylic acids is 1. The Labute approximate surface area is 136 Å². The first-order valence-corrected chi connectivity index (χ1v) is 7.43. The molecule has 2 aromatic heterocycles. The summed E-state index contributed by atoms with van der Waals surface area (Å²) in [6.45, 7) is 0. The second-order valence-electron chi connectivity index (χ2n) is 4.02. The first kappa shape index (κ1) is 14.0. The highest BCUT2D eigenvalue weighted by molar-refractivity contribution is 9.11. The van der Waals surface area contributed by atoms with E-state index in [9.17, 15) is 4.79 Å². The lowest BCUT2D eigenvalue weighted by atomic mass is 10.1. The van der Waals surface area contributed by atoms with Gasteiger partial charge in [0.1, 0.15) is 14.7 Å². The first-order chi connectivity index (χ1) is 10.1. The van der Waals surface area contributed by atoms with Crippen molar-refractivity contribution in [2.75, 3.05) is 5.32 Å². The van der Waals surface area contributed by atoms with Crippen LogP contribution in [-0.2, 0) is 0 Å². The molecule has 3 aromatic rings. The van der Waals surface area contributed by atoms with Crippen molar-refractivity contribution in [1.29, 1.82) is 0 Å². The lowest BCUT2D eigenvalue weighted by molar-refractivity contribution is 0.102. The molecular weight excluding hydrogens is 402 g/mol. The van der Waals surface area contributed by atoms with Crippen molar-refractivity contribution in [3.8, 4) is 0 Å². The Balaban J connectivity index is 1.97. The summed E-state index contributed by atoms with van der Waals surface area (Å²) in [4.78, 5) is 29.0. The van der Waals surface area contributed by atoms with Crippen LogP contribution in [-0.4, -0.2) is 25.8 Å². The highest BCUT2D eigenvalue weighted by Gasteiger charge is 2.14. The summed E-state index contributed by atoms with van der Waals surface area (Å²) in [5.74, 6) is 0.0162. The van der Waals surface area contributed by atoms with Gasteiger partial charge in [-0.1, -0.05) is 6.07 Å². The second kappa shape index (κ2) is 5.82. The van der Waals surface area contributed by atoms with Crippen molar-refractivity contribution >= 4 is 54.6 Å². The molecule has 0 bridgehead atoms. The average Bonchev–Trinajstić information content (AvgIpc) is 2.49. The van der Waals surface area contributed by atoms with E-state index >= 15 is 0 Å². The zero-order chi connectivity index (χ0) is 14.8. The number of carbonyl (C=O) groups is 1. The van der Waals surface area contributed by atoms with Crippen molar-refractivity contribution in [3.63, 3.8) is 0 Å². The quantitative estimate of drug-likeness (QED) is 0.704. The van der Waals surface area contributed by atoms with Crippen LogP contribution in [0.2, 0.25) is 0 Å². The summed E-state index contributed by atoms with van der Waals surface area (Å²) in [5, 5.41) is 2.70. The van der Waals surface area contributed by atoms with Gasteiger partial charge in [-0.15, -0.1) is 0 Å². The summed E-state index contributed by atoms with van der Waals surface area (Å²) < 4.78 is 1.01. The van der Waals surface area contributed by atoms with Crippen molar-refractivity contribution in [2.24, 2.45) is 0 Å². The molecule has 3 rings (SSSR count). The van der Waals surface area contributed by atoms with Crippen LogP contribution in [0.4, 0.5) is 5.82 Å². The van der Waals surface area contributed by atoms with Gasteiger partial charge in [-0.05, 0) is 44.0 Å². The molecule has 0 saturated heterocycles. The third kappa shape index (κ3) is 2.91. The predicted molar refractivity (Wildman–Crippen MR) is 84.9 cm³/mol. The number of anilines is 1. The molecule has 104 valence electrons. The SMILES string of the molecule is O=C(Nc1ncc(Br)nc1Br)c1cccc2nccnc12. The van der Waals surface area contributed by atoms with Crippen LogP contribution in [0, 0.1) is 0 Å². The van der Waals surface area contributed by atoms with Gasteiger partial charge in [-0.2, -0.15) is 0 Å². The van der Waals surface area contributed by atoms with Crippen LogP contribution in [0.1, 0.15) is 10.4 Å². The van der Waals surface area contributed by atoms with Crippen LogP contribution in [0.25, 0.3) is 11.0 Å². The van der Waals surface area contributed by atoms with Gasteiger partial charge >= 0.3 is 0 Å². The molecule has 1 aromatic carbocycles. The average molecular weight is 409 g/mol. The number of hydrogen-bond donors (Lipinski definition) is 1. The first-order valence-electron chi connectivity index (χ1n) is 5.84. The Kier molecular flexibility index (Phi) is 3.89. The Morgan fingerprint density at radius 1 is 1.10 bits per heavy atom. The molecule has 0 aliphatic rings. The van der Waals surface area contributed by atoms with E-state index < -0.39 is 0 Å². The summed E-state index contributed by atoms with van der Waals surface area (Å²) in [7, 11) is 0. The molecule has 8 heteroatoms. The van der Waals surface area contributed by atoms with Gasteiger partial charge in [-0.25, -0.2) is 9.97 Å². The highest BCUT2D eigenvalue weighted by Crippen LogP contribution is 2.21. The van der Waals surface area contributed by atoms with Gasteiger partial charge in [-0.3, -0.25) is 14.8 Å². The fourth-order valence-electron chi connectivity index (χ4n) is 1.78. The molecular formula is C13H7Br2N5O. The van der Waals surface area contributed by atoms with Crippen molar-refractivity contribution in [2.45, 2.75) is 0 Å². The van der Waals surface area contributed by atoms with Gasteiger partial charge in [0.05, 0.1) is 17.3 Å². The molecule has 21 heavy (non-hydrogen) atoms. The number of para-hydroxylation sites is 1. The van der Waals surface area contributed by atoms with E-state index in [1.165, 1.54) is 6.20 Å². The fraction of sp³-hybridized carbons (Fsp3) is 0. The molecule has 0 unspecified atom stereocenters. The van der Waals surface area contributed by atoms with E-state index in [0.29, 0.717) is 31.6 Å². The number of aromatic nitrogens is 4. The van der Waals surface area contributed by atoms with E-state index in [-0.39, 0.29) is 5.91 Å². The number of nitrogens with zero attached hydrogens (tertiary/aromatic N) is 4. The van der Waals surface area contributed by atoms with E-state index in [4.69, 9.17) is 0 Å². The molecule has 0 radical (unpaired) electrons. The van der Waals surface area contributed by atoms with E-state index in [2.05, 4.69) is 57.1 Å². The lowest BCUT2D eigenvalue weighted by Crippen LogP contribution is -2.14. The summed E-state index contributed by atoms with van der Waals surface area (Å²) in [5.41, 5.74) is 1.63. The molecule has 0 aliphatic heterocycles. The minimum Gasteiger partial charge on any atom is -0.304 e. The maximum absolute atomic E-state index is 12.4. The minimum absolute atomic E-state index is 0.321. The third-order valence-corrected chi connectivity index (χ3v) is 3.61. The molecule has 0 atom stereocenters.